The highest BCUT2D eigenvalue weighted by Crippen LogP contribution is 2.70. The highest BCUT2D eigenvalue weighted by Gasteiger charge is 2.76. The third kappa shape index (κ3) is 4.03. The van der Waals surface area contributed by atoms with Crippen molar-refractivity contribution in [1.82, 2.24) is 4.98 Å². The minimum absolute atomic E-state index is 0.000531. The summed E-state index contributed by atoms with van der Waals surface area (Å²) in [6.45, 7) is 14.6. The molecular weight excluding hydrogens is 530 g/mol. The zero-order valence-corrected chi connectivity index (χ0v) is 25.7. The molecule has 0 aromatic carbocycles. The minimum Gasteiger partial charge on any atom is -0.393 e. The number of hydrogen-bond acceptors (Lipinski definition) is 8. The van der Waals surface area contributed by atoms with Gasteiger partial charge in [-0.25, -0.2) is 4.98 Å². The van der Waals surface area contributed by atoms with Crippen LogP contribution in [0.15, 0.2) is 33.5 Å². The van der Waals surface area contributed by atoms with Gasteiger partial charge in [0.25, 0.3) is 0 Å². The molecule has 8 heteroatoms. The molecule has 1 N–H and O–H groups in total. The fraction of sp³-hybridized carbons (Fsp3) is 0.710. The lowest BCUT2D eigenvalue weighted by atomic mass is 9.46. The Balaban J connectivity index is 1.32. The van der Waals surface area contributed by atoms with E-state index in [0.29, 0.717) is 6.42 Å². The van der Waals surface area contributed by atoms with Crippen molar-refractivity contribution in [3.05, 3.63) is 34.9 Å². The molecule has 1 aromatic rings. The number of ketones is 2. The summed E-state index contributed by atoms with van der Waals surface area (Å²) in [6.07, 6.45) is 7.45. The van der Waals surface area contributed by atoms with Crippen LogP contribution in [0.25, 0.3) is 0 Å². The first-order chi connectivity index (χ1) is 18.1. The number of aliphatic hydroxyl groups excluding tert-OH is 1. The van der Waals surface area contributed by atoms with Crippen LogP contribution in [0.1, 0.15) is 79.8 Å². The highest BCUT2D eigenvalue weighted by atomic mass is 32.2. The molecule has 4 aliphatic carbocycles. The summed E-state index contributed by atoms with van der Waals surface area (Å²) in [5.41, 5.74) is 0.106. The summed E-state index contributed by atoms with van der Waals surface area (Å²) in [5, 5.41) is 13.9. The molecule has 0 bridgehead atoms. The third-order valence-electron chi connectivity index (χ3n) is 10.5. The van der Waals surface area contributed by atoms with E-state index in [1.165, 1.54) is 11.8 Å². The van der Waals surface area contributed by atoms with Crippen molar-refractivity contribution in [1.29, 1.82) is 0 Å². The minimum atomic E-state index is -1.11. The van der Waals surface area contributed by atoms with Crippen LogP contribution in [0.4, 0.5) is 0 Å². The molecule has 6 unspecified atom stereocenters. The zero-order valence-electron chi connectivity index (χ0n) is 24.1. The van der Waals surface area contributed by atoms with Gasteiger partial charge in [-0.2, -0.15) is 0 Å². The van der Waals surface area contributed by atoms with Crippen molar-refractivity contribution in [2.75, 3.05) is 5.75 Å². The molecule has 0 radical (unpaired) electrons. The molecule has 1 aromatic heterocycles. The van der Waals surface area contributed by atoms with Gasteiger partial charge in [-0.15, -0.1) is 11.3 Å². The topological polar surface area (TPSA) is 85.7 Å². The number of aliphatic hydroxyl groups is 1. The van der Waals surface area contributed by atoms with E-state index < -0.39 is 22.9 Å². The predicted octanol–water partition coefficient (Wildman–Crippen LogP) is 5.88. The first kappa shape index (κ1) is 27.8. The van der Waals surface area contributed by atoms with Crippen LogP contribution in [-0.2, 0) is 24.5 Å². The van der Waals surface area contributed by atoms with E-state index in [4.69, 9.17) is 14.5 Å². The van der Waals surface area contributed by atoms with E-state index in [-0.39, 0.29) is 52.0 Å². The smallest absolute Gasteiger partial charge is 0.178 e. The van der Waals surface area contributed by atoms with E-state index in [0.717, 1.165) is 34.9 Å². The summed E-state index contributed by atoms with van der Waals surface area (Å²) >= 11 is 3.07. The number of thiazole rings is 1. The predicted molar refractivity (Wildman–Crippen MR) is 153 cm³/mol. The Bertz CT molecular complexity index is 1280. The van der Waals surface area contributed by atoms with Crippen molar-refractivity contribution >= 4 is 34.7 Å². The Morgan fingerprint density at radius 1 is 1.26 bits per heavy atom. The van der Waals surface area contributed by atoms with Crippen LogP contribution in [0.5, 0.6) is 0 Å². The monoisotopic (exact) mass is 571 g/mol. The van der Waals surface area contributed by atoms with Crippen molar-refractivity contribution in [2.24, 2.45) is 28.6 Å². The normalized spacial score (nSPS) is 42.4. The number of allylic oxidation sites excluding steroid dienone is 4. The van der Waals surface area contributed by atoms with Gasteiger partial charge in [-0.05, 0) is 63.5 Å². The molecule has 3 saturated carbocycles. The molecule has 6 nitrogen and oxygen atoms in total. The molecule has 0 amide bonds. The number of rotatable bonds is 4. The van der Waals surface area contributed by atoms with Gasteiger partial charge in [-0.3, -0.25) is 9.59 Å². The summed E-state index contributed by atoms with van der Waals surface area (Å²) < 4.78 is 14.1. The number of fused-ring (bicyclic) bond motifs is 7. The Kier molecular flexibility index (Phi) is 6.31. The quantitative estimate of drug-likeness (QED) is 0.452. The van der Waals surface area contributed by atoms with Crippen molar-refractivity contribution in [3.8, 4) is 0 Å². The molecule has 39 heavy (non-hydrogen) atoms. The lowest BCUT2D eigenvalue weighted by molar-refractivity contribution is -0.223. The largest absolute Gasteiger partial charge is 0.393 e. The maximum absolute atomic E-state index is 14.4. The van der Waals surface area contributed by atoms with Gasteiger partial charge in [0, 0.05) is 27.5 Å². The average Bonchev–Trinajstić information content (AvgIpc) is 3.48. The number of nitrogens with zero attached hydrogens (tertiary/aromatic N) is 1. The van der Waals surface area contributed by atoms with Gasteiger partial charge in [0.05, 0.1) is 23.7 Å². The van der Waals surface area contributed by atoms with Crippen LogP contribution in [0.3, 0.4) is 0 Å². The second-order valence-corrected chi connectivity index (χ2v) is 16.3. The fourth-order valence-corrected chi connectivity index (χ4v) is 10.8. The second-order valence-electron chi connectivity index (χ2n) is 14.3. The molecule has 1 aliphatic heterocycles. The summed E-state index contributed by atoms with van der Waals surface area (Å²) in [6, 6.07) is 0. The van der Waals surface area contributed by atoms with Crippen LogP contribution in [0.2, 0.25) is 0 Å². The standard InChI is InChI=1S/C31H41NO5S2/c1-27(2,3)22-15-38-26(32-22)39-16-23(35)31-24(36-28(4,5)37-31)13-20-19-9-8-17-12-18(33)10-11-29(17,6)25(19)21(34)14-30(20,31)7/h10-12,15,19-21,24-25,34H,8-9,13-14,16H2,1-7H3/t19?,20?,21?,24-,25?,29?,30?,31-/m1/s1. The summed E-state index contributed by atoms with van der Waals surface area (Å²) in [4.78, 5) is 31.3. The number of hydrogen-bond donors (Lipinski definition) is 1. The molecule has 6 rings (SSSR count). The van der Waals surface area contributed by atoms with Crippen LogP contribution in [-0.4, -0.2) is 51.0 Å². The van der Waals surface area contributed by atoms with Gasteiger partial charge in [0.2, 0.25) is 0 Å². The first-order valence-electron chi connectivity index (χ1n) is 14.2. The van der Waals surface area contributed by atoms with Crippen LogP contribution < -0.4 is 0 Å². The maximum Gasteiger partial charge on any atom is 0.178 e. The Morgan fingerprint density at radius 3 is 2.69 bits per heavy atom. The Labute approximate surface area is 240 Å². The number of ether oxygens (including phenoxy) is 2. The zero-order chi connectivity index (χ0) is 28.2. The first-order valence-corrected chi connectivity index (χ1v) is 16.1. The van der Waals surface area contributed by atoms with E-state index in [1.807, 2.05) is 19.9 Å². The molecule has 212 valence electrons. The van der Waals surface area contributed by atoms with Gasteiger partial charge in [0.15, 0.2) is 27.3 Å². The number of Topliss-reactive ketones (excluding diaryl/α,β-unsaturated/α-hetero) is 1. The van der Waals surface area contributed by atoms with E-state index >= 15 is 0 Å². The molecular formula is C31H41NO5S2. The number of thioether (sulfide) groups is 1. The lowest BCUT2D eigenvalue weighted by Crippen LogP contribution is -2.63. The average molecular weight is 572 g/mol. The Hall–Kier alpha value is -1.32. The highest BCUT2D eigenvalue weighted by molar-refractivity contribution is 8.01. The molecule has 2 heterocycles. The van der Waals surface area contributed by atoms with E-state index in [1.54, 1.807) is 23.5 Å². The van der Waals surface area contributed by atoms with Gasteiger partial charge >= 0.3 is 0 Å². The summed E-state index contributed by atoms with van der Waals surface area (Å²) in [7, 11) is 0. The van der Waals surface area contributed by atoms with Gasteiger partial charge < -0.3 is 14.6 Å². The van der Waals surface area contributed by atoms with Crippen molar-refractivity contribution < 1.29 is 24.2 Å². The van der Waals surface area contributed by atoms with Crippen LogP contribution >= 0.6 is 23.1 Å². The van der Waals surface area contributed by atoms with Gasteiger partial charge in [0.1, 0.15) is 0 Å². The number of carbonyl (C=O) groups excluding carboxylic acids is 2. The van der Waals surface area contributed by atoms with Crippen molar-refractivity contribution in [2.45, 2.75) is 108 Å². The second kappa shape index (κ2) is 8.84. The third-order valence-corrected chi connectivity index (χ3v) is 12.5. The Morgan fingerprint density at radius 2 is 2.00 bits per heavy atom. The number of carbonyl (C=O) groups is 2. The van der Waals surface area contributed by atoms with E-state index in [2.05, 4.69) is 40.0 Å². The molecule has 5 aliphatic rings. The molecule has 1 saturated heterocycles. The summed E-state index contributed by atoms with van der Waals surface area (Å²) in [5.74, 6) is -0.149. The molecule has 0 spiro atoms. The maximum atomic E-state index is 14.4. The molecule has 8 atom stereocenters. The van der Waals surface area contributed by atoms with Crippen molar-refractivity contribution in [3.63, 3.8) is 0 Å². The molecule has 4 fully saturated rings. The van der Waals surface area contributed by atoms with Crippen LogP contribution in [0, 0.1) is 28.6 Å². The van der Waals surface area contributed by atoms with E-state index in [9.17, 15) is 14.7 Å². The lowest BCUT2D eigenvalue weighted by Gasteiger charge is -2.60. The van der Waals surface area contributed by atoms with Gasteiger partial charge in [-0.1, -0.05) is 58.0 Å². The SMILES string of the molecule is CC1(C)O[C@@H]2CC3C4CCC5=CC(=O)C=CC5(C)C4C(O)CC3(C)[C@]2(C(=O)CSc2nc(C(C)(C)C)cs2)O1. The number of aromatic nitrogens is 1. The fourth-order valence-electron chi connectivity index (χ4n) is 8.82.